The summed E-state index contributed by atoms with van der Waals surface area (Å²) in [7, 11) is 0. The summed E-state index contributed by atoms with van der Waals surface area (Å²) in [6.07, 6.45) is 3.13. The van der Waals surface area contributed by atoms with Crippen LogP contribution >= 0.6 is 11.6 Å². The van der Waals surface area contributed by atoms with E-state index in [1.54, 1.807) is 6.20 Å². The number of nitrogens with one attached hydrogen (secondary N) is 1. The van der Waals surface area contributed by atoms with Gasteiger partial charge in [0.2, 0.25) is 0 Å². The first kappa shape index (κ1) is 10.7. The number of hydrogen-bond donors (Lipinski definition) is 1. The molecule has 0 amide bonds. The van der Waals surface area contributed by atoms with E-state index in [2.05, 4.69) is 17.2 Å². The topological polar surface area (TPSA) is 34.1 Å². The zero-order valence-electron chi connectivity index (χ0n) is 8.74. The Bertz CT molecular complexity index is 315. The normalized spacial score (nSPS) is 25.5. The summed E-state index contributed by atoms with van der Waals surface area (Å²) < 4.78 is 5.49. The summed E-state index contributed by atoms with van der Waals surface area (Å²) in [6, 6.07) is 3.73. The molecule has 1 N–H and O–H groups in total. The zero-order chi connectivity index (χ0) is 10.7. The molecule has 1 aromatic heterocycles. The Morgan fingerprint density at radius 1 is 1.60 bits per heavy atom. The zero-order valence-corrected chi connectivity index (χ0v) is 9.50. The number of nitrogens with zero attached hydrogens (tertiary/aromatic N) is 1. The molecule has 0 aromatic carbocycles. The highest BCUT2D eigenvalue weighted by Gasteiger charge is 2.23. The predicted molar refractivity (Wildman–Crippen MR) is 61.3 cm³/mol. The maximum absolute atomic E-state index is 5.75. The highest BCUT2D eigenvalue weighted by atomic mass is 35.5. The van der Waals surface area contributed by atoms with Gasteiger partial charge >= 0.3 is 0 Å². The molecule has 1 saturated heterocycles. The van der Waals surface area contributed by atoms with Gasteiger partial charge in [-0.05, 0) is 25.5 Å². The summed E-state index contributed by atoms with van der Waals surface area (Å²) in [4.78, 5) is 4.18. The molecule has 0 aliphatic carbocycles. The third kappa shape index (κ3) is 2.83. The molecule has 0 radical (unpaired) electrons. The van der Waals surface area contributed by atoms with Crippen molar-refractivity contribution >= 4 is 17.4 Å². The lowest BCUT2D eigenvalue weighted by Crippen LogP contribution is -2.21. The van der Waals surface area contributed by atoms with Crippen molar-refractivity contribution in [1.82, 2.24) is 4.98 Å². The Morgan fingerprint density at radius 3 is 3.07 bits per heavy atom. The van der Waals surface area contributed by atoms with Crippen molar-refractivity contribution in [2.75, 3.05) is 18.5 Å². The van der Waals surface area contributed by atoms with Crippen molar-refractivity contribution in [3.63, 3.8) is 0 Å². The smallest absolute Gasteiger partial charge is 0.125 e. The maximum Gasteiger partial charge on any atom is 0.125 e. The summed E-state index contributed by atoms with van der Waals surface area (Å²) in [5.41, 5.74) is 0. The molecule has 3 nitrogen and oxygen atoms in total. The van der Waals surface area contributed by atoms with Gasteiger partial charge in [-0.2, -0.15) is 0 Å². The molecule has 2 rings (SSSR count). The van der Waals surface area contributed by atoms with Crippen LogP contribution < -0.4 is 5.32 Å². The Morgan fingerprint density at radius 2 is 2.47 bits per heavy atom. The minimum atomic E-state index is 0.352. The third-order valence-corrected chi connectivity index (χ3v) is 3.03. The van der Waals surface area contributed by atoms with E-state index in [9.17, 15) is 0 Å². The van der Waals surface area contributed by atoms with E-state index in [-0.39, 0.29) is 0 Å². The van der Waals surface area contributed by atoms with E-state index >= 15 is 0 Å². The average molecular weight is 227 g/mol. The van der Waals surface area contributed by atoms with Gasteiger partial charge in [-0.1, -0.05) is 11.6 Å². The standard InChI is InChI=1S/C11H15ClN2O/c1-8-9(4-5-15-8)6-13-11-3-2-10(12)7-14-11/h2-3,7-9H,4-6H2,1H3,(H,13,14). The summed E-state index contributed by atoms with van der Waals surface area (Å²) >= 11 is 5.75. The second kappa shape index (κ2) is 4.81. The first-order valence-electron chi connectivity index (χ1n) is 5.23. The van der Waals surface area contributed by atoms with Crippen LogP contribution in [0.15, 0.2) is 18.3 Å². The molecule has 1 fully saturated rings. The fraction of sp³-hybridized carbons (Fsp3) is 0.545. The van der Waals surface area contributed by atoms with Crippen LogP contribution in [-0.4, -0.2) is 24.2 Å². The van der Waals surface area contributed by atoms with Crippen molar-refractivity contribution in [2.24, 2.45) is 5.92 Å². The fourth-order valence-corrected chi connectivity index (χ4v) is 1.87. The molecule has 2 heterocycles. The van der Waals surface area contributed by atoms with Crippen molar-refractivity contribution in [1.29, 1.82) is 0 Å². The van der Waals surface area contributed by atoms with Crippen LogP contribution in [0, 0.1) is 5.92 Å². The predicted octanol–water partition coefficient (Wildman–Crippen LogP) is 2.57. The molecule has 1 aliphatic heterocycles. The average Bonchev–Trinajstić information content (AvgIpc) is 2.63. The van der Waals surface area contributed by atoms with Gasteiger partial charge in [0.25, 0.3) is 0 Å². The minimum Gasteiger partial charge on any atom is -0.378 e. The molecular formula is C11H15ClN2O. The molecule has 0 spiro atoms. The highest BCUT2D eigenvalue weighted by molar-refractivity contribution is 6.30. The number of ether oxygens (including phenoxy) is 1. The molecule has 4 heteroatoms. The number of hydrogen-bond acceptors (Lipinski definition) is 3. The van der Waals surface area contributed by atoms with E-state index in [0.29, 0.717) is 17.0 Å². The monoisotopic (exact) mass is 226 g/mol. The molecule has 15 heavy (non-hydrogen) atoms. The lowest BCUT2D eigenvalue weighted by molar-refractivity contribution is 0.108. The van der Waals surface area contributed by atoms with Gasteiger partial charge in [0.05, 0.1) is 11.1 Å². The molecule has 82 valence electrons. The molecule has 1 aliphatic rings. The van der Waals surface area contributed by atoms with Crippen molar-refractivity contribution in [3.8, 4) is 0 Å². The molecule has 0 bridgehead atoms. The SMILES string of the molecule is CC1OCCC1CNc1ccc(Cl)cn1. The van der Waals surface area contributed by atoms with Crippen LogP contribution in [0.1, 0.15) is 13.3 Å². The van der Waals surface area contributed by atoms with E-state index in [4.69, 9.17) is 16.3 Å². The second-order valence-electron chi connectivity index (χ2n) is 3.87. The first-order valence-corrected chi connectivity index (χ1v) is 5.60. The van der Waals surface area contributed by atoms with E-state index in [1.807, 2.05) is 12.1 Å². The Hall–Kier alpha value is -0.800. The lowest BCUT2D eigenvalue weighted by Gasteiger charge is -2.14. The maximum atomic E-state index is 5.75. The molecular weight excluding hydrogens is 212 g/mol. The van der Waals surface area contributed by atoms with Crippen LogP contribution in [0.3, 0.4) is 0 Å². The van der Waals surface area contributed by atoms with Gasteiger partial charge in [0.15, 0.2) is 0 Å². The Balaban J connectivity index is 1.85. The van der Waals surface area contributed by atoms with Crippen LogP contribution in [0.25, 0.3) is 0 Å². The quantitative estimate of drug-likeness (QED) is 0.860. The van der Waals surface area contributed by atoms with Gasteiger partial charge in [0.1, 0.15) is 5.82 Å². The number of aromatic nitrogens is 1. The van der Waals surface area contributed by atoms with Gasteiger partial charge < -0.3 is 10.1 Å². The number of pyridine rings is 1. The van der Waals surface area contributed by atoms with Crippen LogP contribution in [0.2, 0.25) is 5.02 Å². The molecule has 2 atom stereocenters. The number of rotatable bonds is 3. The molecule has 1 aromatic rings. The minimum absolute atomic E-state index is 0.352. The Kier molecular flexibility index (Phi) is 3.44. The van der Waals surface area contributed by atoms with E-state index in [0.717, 1.165) is 25.4 Å². The van der Waals surface area contributed by atoms with Gasteiger partial charge in [-0.3, -0.25) is 0 Å². The summed E-state index contributed by atoms with van der Waals surface area (Å²) in [5, 5.41) is 3.96. The molecule has 0 saturated carbocycles. The molecule has 2 unspecified atom stereocenters. The number of anilines is 1. The highest BCUT2D eigenvalue weighted by Crippen LogP contribution is 2.20. The van der Waals surface area contributed by atoms with Crippen LogP contribution in [0.4, 0.5) is 5.82 Å². The Labute approximate surface area is 94.8 Å². The summed E-state index contributed by atoms with van der Waals surface area (Å²) in [6.45, 7) is 3.91. The second-order valence-corrected chi connectivity index (χ2v) is 4.30. The van der Waals surface area contributed by atoms with Crippen LogP contribution in [0.5, 0.6) is 0 Å². The number of halogens is 1. The first-order chi connectivity index (χ1) is 7.25. The van der Waals surface area contributed by atoms with E-state index in [1.165, 1.54) is 0 Å². The van der Waals surface area contributed by atoms with Crippen molar-refractivity contribution < 1.29 is 4.74 Å². The van der Waals surface area contributed by atoms with Gasteiger partial charge in [-0.25, -0.2) is 4.98 Å². The summed E-state index contributed by atoms with van der Waals surface area (Å²) in [5.74, 6) is 1.46. The van der Waals surface area contributed by atoms with Crippen molar-refractivity contribution in [3.05, 3.63) is 23.4 Å². The largest absolute Gasteiger partial charge is 0.378 e. The van der Waals surface area contributed by atoms with Crippen molar-refractivity contribution in [2.45, 2.75) is 19.4 Å². The van der Waals surface area contributed by atoms with E-state index < -0.39 is 0 Å². The fourth-order valence-electron chi connectivity index (χ4n) is 1.76. The third-order valence-electron chi connectivity index (χ3n) is 2.81. The lowest BCUT2D eigenvalue weighted by atomic mass is 10.0. The van der Waals surface area contributed by atoms with Crippen LogP contribution in [-0.2, 0) is 4.74 Å². The van der Waals surface area contributed by atoms with Gasteiger partial charge in [-0.15, -0.1) is 0 Å². The van der Waals surface area contributed by atoms with Gasteiger partial charge in [0, 0.05) is 25.3 Å².